The molecule has 36 heavy (non-hydrogen) atoms. The number of amides is 2. The Morgan fingerprint density at radius 3 is 2.94 bits per heavy atom. The number of urea groups is 1. The molecule has 0 aliphatic carbocycles. The van der Waals surface area contributed by atoms with Gasteiger partial charge in [-0.3, -0.25) is 9.28 Å². The molecule has 0 radical (unpaired) electrons. The number of esters is 1. The second kappa shape index (κ2) is 13.1. The van der Waals surface area contributed by atoms with E-state index in [2.05, 4.69) is 39.4 Å². The highest BCUT2D eigenvalue weighted by Crippen LogP contribution is 2.33. The molecule has 2 saturated heterocycles. The number of nitrogens with one attached hydrogen (secondary N) is 2. The molecule has 0 bridgehead atoms. The molecule has 3 aliphatic rings. The number of likely N-dealkylation sites (N-methyl/N-ethyl adjacent to an activating group) is 1. The summed E-state index contributed by atoms with van der Waals surface area (Å²) < 4.78 is 21.2. The van der Waals surface area contributed by atoms with Crippen molar-refractivity contribution in [2.24, 2.45) is 0 Å². The average Bonchev–Trinajstić information content (AvgIpc) is 3.57. The molecule has 4 heterocycles. The normalized spacial score (nSPS) is 27.2. The number of hydrogen-bond donors (Lipinski definition) is 2. The zero-order chi connectivity index (χ0) is 25.4. The first-order valence-electron chi connectivity index (χ1n) is 13.3. The summed E-state index contributed by atoms with van der Waals surface area (Å²) in [6.45, 7) is 4.89. The molecule has 2 amide bonds. The van der Waals surface area contributed by atoms with Crippen LogP contribution in [0, 0.1) is 0 Å². The number of aromatic nitrogens is 2. The molecule has 1 aromatic rings. The lowest BCUT2D eigenvalue weighted by Crippen LogP contribution is -2.49. The van der Waals surface area contributed by atoms with Crippen molar-refractivity contribution in [2.75, 3.05) is 39.2 Å². The van der Waals surface area contributed by atoms with Gasteiger partial charge in [-0.2, -0.15) is 16.1 Å². The molecule has 0 aromatic carbocycles. The van der Waals surface area contributed by atoms with Crippen molar-refractivity contribution in [2.45, 2.75) is 82.0 Å². The molecule has 9 nitrogen and oxygen atoms in total. The van der Waals surface area contributed by atoms with Crippen molar-refractivity contribution in [3.05, 3.63) is 11.8 Å². The van der Waals surface area contributed by atoms with E-state index in [9.17, 15) is 9.59 Å². The predicted molar refractivity (Wildman–Crippen MR) is 143 cm³/mol. The zero-order valence-electron chi connectivity index (χ0n) is 21.5. The van der Waals surface area contributed by atoms with Crippen LogP contribution < -0.4 is 15.4 Å². The Morgan fingerprint density at radius 2 is 2.08 bits per heavy atom. The van der Waals surface area contributed by atoms with E-state index < -0.39 is 0 Å². The number of unbranched alkanes of at least 4 members (excludes halogenated alkanes) is 4. The van der Waals surface area contributed by atoms with Gasteiger partial charge < -0.3 is 20.1 Å². The van der Waals surface area contributed by atoms with Gasteiger partial charge in [-0.25, -0.2) is 4.79 Å². The molecular formula is C25H40N5O4S2+. The number of hydrogen-bond acceptors (Lipinski definition) is 8. The summed E-state index contributed by atoms with van der Waals surface area (Å²) >= 11 is 3.10. The largest absolute Gasteiger partial charge is 0.475 e. The van der Waals surface area contributed by atoms with Crippen LogP contribution in [0.1, 0.15) is 70.4 Å². The third kappa shape index (κ3) is 7.35. The molecule has 0 saturated carbocycles. The molecule has 4 atom stereocenters. The molecular weight excluding hydrogens is 498 g/mol. The lowest BCUT2D eigenvalue weighted by atomic mass is 10.0. The molecule has 2 fully saturated rings. The summed E-state index contributed by atoms with van der Waals surface area (Å²) in [5.74, 6) is 1.46. The maximum Gasteiger partial charge on any atom is 0.315 e. The fraction of sp³-hybridized carbons (Fsp3) is 0.760. The number of rotatable bonds is 14. The number of thioether (sulfide) groups is 1. The van der Waals surface area contributed by atoms with E-state index in [-0.39, 0.29) is 24.1 Å². The van der Waals surface area contributed by atoms with E-state index in [0.717, 1.165) is 62.2 Å². The number of ether oxygens (including phenoxy) is 2. The van der Waals surface area contributed by atoms with Crippen LogP contribution in [0.4, 0.5) is 4.79 Å². The summed E-state index contributed by atoms with van der Waals surface area (Å²) in [7, 11) is 2.13. The first kappa shape index (κ1) is 27.2. The predicted octanol–water partition coefficient (Wildman–Crippen LogP) is 3.96. The standard InChI is InChI=1S/C25H39N5O4S2/c1-3-4-5-8-14-33-24-22(28-36-29-24)18-10-9-13-30(2,15-18)17-34-21(31)12-7-6-11-20-23-19(16-35-20)26-25(32)27-23/h10,19-20,23H,3-9,11-17H2,1-2H3,(H-,26,27,32)/p+1/t19-,20-,23-,30?/m0/s1. The number of nitrogens with zero attached hydrogens (tertiary/aromatic N) is 3. The van der Waals surface area contributed by atoms with Crippen LogP contribution in [0.25, 0.3) is 5.57 Å². The van der Waals surface area contributed by atoms with Gasteiger partial charge in [0.2, 0.25) is 6.73 Å². The van der Waals surface area contributed by atoms with E-state index >= 15 is 0 Å². The Balaban J connectivity index is 1.16. The van der Waals surface area contributed by atoms with Crippen LogP contribution in [-0.4, -0.2) is 81.8 Å². The van der Waals surface area contributed by atoms with Crippen LogP contribution in [0.2, 0.25) is 0 Å². The molecule has 4 rings (SSSR count). The smallest absolute Gasteiger partial charge is 0.315 e. The summed E-state index contributed by atoms with van der Waals surface area (Å²) in [6.07, 6.45) is 11.0. The molecule has 11 heteroatoms. The third-order valence-electron chi connectivity index (χ3n) is 7.21. The SMILES string of the molecule is CCCCCCOc1nsnc1C1=CCC[N+](C)(COC(=O)CCCC[C@@H]2SC[C@@H]3NC(=O)N[C@@H]32)C1. The topological polar surface area (TPSA) is 102 Å². The number of carbonyl (C=O) groups is 2. The molecule has 0 spiro atoms. The van der Waals surface area contributed by atoms with E-state index in [0.29, 0.717) is 35.4 Å². The van der Waals surface area contributed by atoms with Gasteiger partial charge in [0.1, 0.15) is 12.2 Å². The van der Waals surface area contributed by atoms with Gasteiger partial charge in [0.15, 0.2) is 0 Å². The van der Waals surface area contributed by atoms with Crippen molar-refractivity contribution >= 4 is 41.1 Å². The summed E-state index contributed by atoms with van der Waals surface area (Å²) in [4.78, 5) is 24.0. The second-order valence-corrected chi connectivity index (χ2v) is 12.2. The number of fused-ring (bicyclic) bond motifs is 1. The molecule has 1 aromatic heterocycles. The van der Waals surface area contributed by atoms with Crippen LogP contribution in [0.15, 0.2) is 6.08 Å². The summed E-state index contributed by atoms with van der Waals surface area (Å²) in [5.41, 5.74) is 1.96. The van der Waals surface area contributed by atoms with E-state index in [1.54, 1.807) is 0 Å². The Hall–Kier alpha value is -1.85. The van der Waals surface area contributed by atoms with Crippen molar-refractivity contribution in [3.8, 4) is 5.88 Å². The van der Waals surface area contributed by atoms with E-state index in [1.807, 2.05) is 11.8 Å². The highest BCUT2D eigenvalue weighted by Gasteiger charge is 2.42. The Bertz CT molecular complexity index is 926. The fourth-order valence-electron chi connectivity index (χ4n) is 5.11. The molecule has 2 N–H and O–H groups in total. The van der Waals surface area contributed by atoms with Crippen molar-refractivity contribution < 1.29 is 23.5 Å². The maximum atomic E-state index is 12.4. The summed E-state index contributed by atoms with van der Waals surface area (Å²) in [6, 6.07) is 0.419. The van der Waals surface area contributed by atoms with Gasteiger partial charge >= 0.3 is 12.0 Å². The number of quaternary nitrogens is 1. The Kier molecular flexibility index (Phi) is 9.89. The lowest BCUT2D eigenvalue weighted by molar-refractivity contribution is -0.919. The lowest BCUT2D eigenvalue weighted by Gasteiger charge is -2.36. The van der Waals surface area contributed by atoms with Gasteiger partial charge in [0.25, 0.3) is 5.88 Å². The van der Waals surface area contributed by atoms with Gasteiger partial charge in [-0.1, -0.05) is 38.7 Å². The van der Waals surface area contributed by atoms with E-state index in [4.69, 9.17) is 9.47 Å². The minimum Gasteiger partial charge on any atom is -0.475 e. The third-order valence-corrected chi connectivity index (χ3v) is 9.23. The molecule has 200 valence electrons. The fourth-order valence-corrected chi connectivity index (χ4v) is 7.19. The second-order valence-electron chi connectivity index (χ2n) is 10.4. The first-order chi connectivity index (χ1) is 17.5. The summed E-state index contributed by atoms with van der Waals surface area (Å²) in [5, 5.41) is 6.43. The van der Waals surface area contributed by atoms with Crippen molar-refractivity contribution in [1.82, 2.24) is 19.4 Å². The van der Waals surface area contributed by atoms with Gasteiger partial charge in [-0.05, 0) is 19.3 Å². The zero-order valence-corrected chi connectivity index (χ0v) is 23.1. The van der Waals surface area contributed by atoms with Crippen LogP contribution in [-0.2, 0) is 9.53 Å². The van der Waals surface area contributed by atoms with Crippen LogP contribution in [0.5, 0.6) is 5.88 Å². The minimum absolute atomic E-state index is 0.0524. The van der Waals surface area contributed by atoms with Crippen LogP contribution >= 0.6 is 23.5 Å². The number of carbonyl (C=O) groups excluding carboxylic acids is 2. The van der Waals surface area contributed by atoms with Gasteiger partial charge in [-0.15, -0.1) is 4.37 Å². The van der Waals surface area contributed by atoms with E-state index in [1.165, 1.54) is 31.0 Å². The Morgan fingerprint density at radius 1 is 1.19 bits per heavy atom. The minimum atomic E-state index is -0.135. The van der Waals surface area contributed by atoms with Gasteiger partial charge in [0.05, 0.1) is 44.0 Å². The molecule has 1 unspecified atom stereocenters. The molecule has 3 aliphatic heterocycles. The highest BCUT2D eigenvalue weighted by atomic mass is 32.2. The quantitative estimate of drug-likeness (QED) is 0.160. The Labute approximate surface area is 222 Å². The van der Waals surface area contributed by atoms with Crippen LogP contribution in [0.3, 0.4) is 0 Å². The van der Waals surface area contributed by atoms with Crippen molar-refractivity contribution in [1.29, 1.82) is 0 Å². The maximum absolute atomic E-state index is 12.4. The highest BCUT2D eigenvalue weighted by molar-refractivity contribution is 8.00. The first-order valence-corrected chi connectivity index (χ1v) is 15.1. The monoisotopic (exact) mass is 538 g/mol. The van der Waals surface area contributed by atoms with Crippen molar-refractivity contribution in [3.63, 3.8) is 0 Å². The van der Waals surface area contributed by atoms with Gasteiger partial charge in [0, 0.05) is 29.4 Å². The average molecular weight is 539 g/mol.